The zero-order valence-corrected chi connectivity index (χ0v) is 36.1. The first kappa shape index (κ1) is 44.9. The number of nitrogens with zero attached hydrogens (tertiary/aromatic N) is 9. The number of rotatable bonds is 7. The van der Waals surface area contributed by atoms with Crippen molar-refractivity contribution in [3.05, 3.63) is 116 Å². The topological polar surface area (TPSA) is 203 Å². The van der Waals surface area contributed by atoms with Gasteiger partial charge in [0, 0.05) is 99.9 Å². The summed E-state index contributed by atoms with van der Waals surface area (Å²) in [6.07, 6.45) is 5.94. The van der Waals surface area contributed by atoms with Crippen molar-refractivity contribution in [3.63, 3.8) is 0 Å². The molecule has 0 amide bonds. The number of alkyl halides is 3. The average Bonchev–Trinajstić information content (AvgIpc) is 4.11. The van der Waals surface area contributed by atoms with E-state index in [1.54, 1.807) is 33.7 Å². The third-order valence-corrected chi connectivity index (χ3v) is 12.6. The SMILES string of the molecule is CC1CN(Cc2ccc(C(F)(F)F)nc2)CC1c1nn2c(C3CCOCC3)ncc2c(=O)[nH]1.CC1CNCC1c1nn2c(C3CCOCC3)ncc2c(=O)[nH]1.Cc1ccc(C=O)cn1. The minimum absolute atomic E-state index is 0.00514. The summed E-state index contributed by atoms with van der Waals surface area (Å²) in [4.78, 5) is 59.6. The average molecular weight is 887 g/mol. The predicted molar refractivity (Wildman–Crippen MR) is 228 cm³/mol. The van der Waals surface area contributed by atoms with Gasteiger partial charge in [0.15, 0.2) is 17.3 Å². The highest BCUT2D eigenvalue weighted by Gasteiger charge is 2.35. The number of aromatic nitrogens is 10. The van der Waals surface area contributed by atoms with Gasteiger partial charge in [0.1, 0.15) is 29.0 Å². The molecule has 0 bridgehead atoms. The predicted octanol–water partition coefficient (Wildman–Crippen LogP) is 4.80. The van der Waals surface area contributed by atoms with Gasteiger partial charge in [0.25, 0.3) is 11.1 Å². The number of likely N-dealkylation sites (tertiary alicyclic amines) is 1. The van der Waals surface area contributed by atoms with E-state index in [1.807, 2.05) is 13.0 Å². The molecule has 4 saturated heterocycles. The zero-order chi connectivity index (χ0) is 45.0. The second kappa shape index (κ2) is 19.6. The van der Waals surface area contributed by atoms with E-state index < -0.39 is 11.9 Å². The fraction of sp³-hybridized carbons (Fsp3) is 0.523. The Labute approximate surface area is 366 Å². The number of aldehydes is 1. The van der Waals surface area contributed by atoms with Crippen LogP contribution < -0.4 is 16.4 Å². The quantitative estimate of drug-likeness (QED) is 0.185. The van der Waals surface area contributed by atoms with Crippen LogP contribution in [0.4, 0.5) is 13.2 Å². The number of carbonyl (C=O) groups is 1. The number of imidazole rings is 2. The number of aromatic amines is 2. The number of nitrogens with one attached hydrogen (secondary N) is 3. The normalized spacial score (nSPS) is 22.3. The Bertz CT molecular complexity index is 2630. The Hall–Kier alpha value is -5.70. The summed E-state index contributed by atoms with van der Waals surface area (Å²) >= 11 is 0. The van der Waals surface area contributed by atoms with E-state index in [1.165, 1.54) is 12.3 Å². The number of fused-ring (bicyclic) bond motifs is 2. The first-order chi connectivity index (χ1) is 30.9. The van der Waals surface area contributed by atoms with Crippen LogP contribution in [0.3, 0.4) is 0 Å². The molecule has 64 heavy (non-hydrogen) atoms. The van der Waals surface area contributed by atoms with Crippen LogP contribution in [-0.2, 0) is 22.2 Å². The summed E-state index contributed by atoms with van der Waals surface area (Å²) in [6.45, 7) is 12.7. The standard InChI is InChI=1S/C22H25F3N6O2.C15H21N5O2.C7H7NO/c1-13-10-30(11-14-2-3-18(26-8-14)22(23,24)25)12-16(13)19-28-21(32)17-9-27-20(31(17)29-19)15-4-6-33-7-5-15;1-9-6-16-7-11(9)13-18-15(21)12-8-17-14(20(12)19-13)10-2-4-22-5-3-10;1-6-2-3-7(5-9)4-8-6/h2-3,8-9,13,15-16H,4-7,10-12H2,1H3,(H,28,29,32);8-11,16H,2-7H2,1H3,(H,18,19,21);2-5H,1H3. The van der Waals surface area contributed by atoms with Crippen LogP contribution in [0.2, 0.25) is 0 Å². The number of hydrogen-bond donors (Lipinski definition) is 3. The van der Waals surface area contributed by atoms with Crippen molar-refractivity contribution in [1.82, 2.24) is 59.3 Å². The van der Waals surface area contributed by atoms with Gasteiger partial charge in [-0.3, -0.25) is 29.3 Å². The van der Waals surface area contributed by atoms with Crippen LogP contribution in [0.1, 0.15) is 114 Å². The van der Waals surface area contributed by atoms with Crippen molar-refractivity contribution in [2.24, 2.45) is 11.8 Å². The molecular formula is C44H53F3N12O5. The lowest BCUT2D eigenvalue weighted by atomic mass is 9.97. The van der Waals surface area contributed by atoms with Crippen LogP contribution >= 0.6 is 0 Å². The Morgan fingerprint density at radius 2 is 1.31 bits per heavy atom. The van der Waals surface area contributed by atoms with Crippen molar-refractivity contribution >= 4 is 17.3 Å². The second-order valence-electron chi connectivity index (χ2n) is 17.2. The van der Waals surface area contributed by atoms with Crippen LogP contribution in [0.5, 0.6) is 0 Å². The summed E-state index contributed by atoms with van der Waals surface area (Å²) < 4.78 is 52.6. The molecule has 20 heteroatoms. The molecule has 3 N–H and O–H groups in total. The summed E-state index contributed by atoms with van der Waals surface area (Å²) in [5, 5.41) is 12.9. The van der Waals surface area contributed by atoms with E-state index >= 15 is 0 Å². The lowest BCUT2D eigenvalue weighted by Gasteiger charge is -2.21. The lowest BCUT2D eigenvalue weighted by molar-refractivity contribution is -0.141. The fourth-order valence-electron chi connectivity index (χ4n) is 8.89. The molecular weight excluding hydrogens is 834 g/mol. The first-order valence-electron chi connectivity index (χ1n) is 21.8. The number of aryl methyl sites for hydroxylation is 1. The van der Waals surface area contributed by atoms with Crippen LogP contribution in [-0.4, -0.2) is 113 Å². The van der Waals surface area contributed by atoms with Crippen LogP contribution in [0.15, 0.2) is 58.6 Å². The molecule has 4 unspecified atom stereocenters. The minimum Gasteiger partial charge on any atom is -0.381 e. The molecule has 340 valence electrons. The second-order valence-corrected chi connectivity index (χ2v) is 17.2. The Kier molecular flexibility index (Phi) is 13.7. The van der Waals surface area contributed by atoms with Gasteiger partial charge in [0.05, 0.1) is 12.4 Å². The van der Waals surface area contributed by atoms with E-state index in [4.69, 9.17) is 19.7 Å². The Morgan fingerprint density at radius 1 is 0.719 bits per heavy atom. The highest BCUT2D eigenvalue weighted by Crippen LogP contribution is 2.33. The smallest absolute Gasteiger partial charge is 0.381 e. The van der Waals surface area contributed by atoms with Crippen molar-refractivity contribution in [3.8, 4) is 0 Å². The maximum Gasteiger partial charge on any atom is 0.433 e. The monoisotopic (exact) mass is 886 g/mol. The molecule has 6 aromatic rings. The molecule has 4 fully saturated rings. The van der Waals surface area contributed by atoms with E-state index in [9.17, 15) is 27.6 Å². The van der Waals surface area contributed by atoms with Gasteiger partial charge < -0.3 is 24.8 Å². The molecule has 0 aliphatic carbocycles. The Morgan fingerprint density at radius 3 is 1.80 bits per heavy atom. The molecule has 6 aromatic heterocycles. The van der Waals surface area contributed by atoms with Gasteiger partial charge in [-0.05, 0) is 74.8 Å². The number of carbonyl (C=O) groups excluding carboxylic acids is 1. The molecule has 4 aliphatic rings. The fourth-order valence-corrected chi connectivity index (χ4v) is 8.89. The maximum atomic E-state index is 12.8. The Balaban J connectivity index is 0.000000154. The molecule has 0 radical (unpaired) electrons. The number of ether oxygens (including phenoxy) is 2. The van der Waals surface area contributed by atoms with Crippen molar-refractivity contribution < 1.29 is 27.4 Å². The molecule has 10 rings (SSSR count). The van der Waals surface area contributed by atoms with E-state index in [2.05, 4.69) is 54.0 Å². The largest absolute Gasteiger partial charge is 0.433 e. The number of halogens is 3. The first-order valence-corrected chi connectivity index (χ1v) is 21.8. The van der Waals surface area contributed by atoms with E-state index in [0.717, 1.165) is 94.1 Å². The molecule has 4 aliphatic heterocycles. The van der Waals surface area contributed by atoms with Crippen LogP contribution in [0.25, 0.3) is 11.0 Å². The van der Waals surface area contributed by atoms with Gasteiger partial charge in [0.2, 0.25) is 0 Å². The summed E-state index contributed by atoms with van der Waals surface area (Å²) in [5.41, 5.74) is 2.01. The lowest BCUT2D eigenvalue weighted by Crippen LogP contribution is -2.24. The number of hydrogen-bond acceptors (Lipinski definition) is 13. The molecule has 4 atom stereocenters. The van der Waals surface area contributed by atoms with Gasteiger partial charge in [-0.25, -0.2) is 19.0 Å². The van der Waals surface area contributed by atoms with Crippen molar-refractivity contribution in [2.75, 3.05) is 52.6 Å². The van der Waals surface area contributed by atoms with Gasteiger partial charge in [-0.15, -0.1) is 0 Å². The molecule has 0 aromatic carbocycles. The van der Waals surface area contributed by atoms with Gasteiger partial charge in [-0.1, -0.05) is 19.9 Å². The van der Waals surface area contributed by atoms with Crippen molar-refractivity contribution in [1.29, 1.82) is 0 Å². The molecule has 10 heterocycles. The van der Waals surface area contributed by atoms with Gasteiger partial charge >= 0.3 is 6.18 Å². The highest BCUT2D eigenvalue weighted by atomic mass is 19.4. The van der Waals surface area contributed by atoms with Gasteiger partial charge in [-0.2, -0.15) is 23.4 Å². The summed E-state index contributed by atoms with van der Waals surface area (Å²) in [5.74, 6) is 4.50. The molecule has 0 saturated carbocycles. The third-order valence-electron chi connectivity index (χ3n) is 12.6. The van der Waals surface area contributed by atoms with E-state index in [0.29, 0.717) is 66.1 Å². The summed E-state index contributed by atoms with van der Waals surface area (Å²) in [6, 6.07) is 6.03. The molecule has 17 nitrogen and oxygen atoms in total. The maximum absolute atomic E-state index is 12.8. The number of H-pyrrole nitrogens is 2. The zero-order valence-electron chi connectivity index (χ0n) is 36.1. The number of pyridine rings is 2. The minimum atomic E-state index is -4.45. The summed E-state index contributed by atoms with van der Waals surface area (Å²) in [7, 11) is 0. The third kappa shape index (κ3) is 10.1. The highest BCUT2D eigenvalue weighted by molar-refractivity contribution is 5.73. The molecule has 0 spiro atoms. The van der Waals surface area contributed by atoms with Crippen LogP contribution in [0, 0.1) is 18.8 Å². The van der Waals surface area contributed by atoms with E-state index in [-0.39, 0.29) is 34.8 Å². The van der Waals surface area contributed by atoms with Crippen molar-refractivity contribution in [2.45, 2.75) is 82.8 Å².